The third-order valence-electron chi connectivity index (χ3n) is 4.11. The highest BCUT2D eigenvalue weighted by atomic mass is 15.4. The smallest absolute Gasteiger partial charge is 0.244 e. The van der Waals surface area contributed by atoms with Gasteiger partial charge in [-0.15, -0.1) is 5.10 Å². The van der Waals surface area contributed by atoms with Gasteiger partial charge in [-0.2, -0.15) is 10.1 Å². The van der Waals surface area contributed by atoms with Crippen molar-refractivity contribution in [2.45, 2.75) is 25.8 Å². The van der Waals surface area contributed by atoms with Gasteiger partial charge in [-0.3, -0.25) is 5.10 Å². The van der Waals surface area contributed by atoms with E-state index in [2.05, 4.69) is 35.5 Å². The Morgan fingerprint density at radius 3 is 2.90 bits per heavy atom. The van der Waals surface area contributed by atoms with Crippen molar-refractivity contribution in [1.29, 1.82) is 0 Å². The average molecular weight is 290 g/mol. The van der Waals surface area contributed by atoms with E-state index in [4.69, 9.17) is 0 Å². The van der Waals surface area contributed by atoms with Gasteiger partial charge in [0.05, 0.1) is 0 Å². The van der Waals surface area contributed by atoms with Crippen LogP contribution in [-0.4, -0.2) is 56.6 Å². The number of aromatic nitrogens is 6. The summed E-state index contributed by atoms with van der Waals surface area (Å²) in [6, 6.07) is 0.00980. The van der Waals surface area contributed by atoms with Crippen LogP contribution in [-0.2, 0) is 0 Å². The number of H-pyrrole nitrogens is 1. The van der Waals surface area contributed by atoms with E-state index in [9.17, 15) is 0 Å². The Kier molecular flexibility index (Phi) is 4.14. The normalized spacial score (nSPS) is 18.1. The first kappa shape index (κ1) is 14.0. The Morgan fingerprint density at radius 2 is 2.24 bits per heavy atom. The average Bonchev–Trinajstić information content (AvgIpc) is 3.19. The second-order valence-electron chi connectivity index (χ2n) is 5.56. The van der Waals surface area contributed by atoms with Gasteiger partial charge in [0.2, 0.25) is 5.95 Å². The van der Waals surface area contributed by atoms with Gasteiger partial charge in [0.15, 0.2) is 5.82 Å². The van der Waals surface area contributed by atoms with Crippen LogP contribution in [0.4, 0.5) is 5.95 Å². The molecule has 1 atom stereocenters. The molecule has 0 saturated carbocycles. The van der Waals surface area contributed by atoms with Gasteiger partial charge in [0, 0.05) is 13.1 Å². The molecular formula is C13H22N8. The molecule has 1 fully saturated rings. The van der Waals surface area contributed by atoms with Crippen molar-refractivity contribution in [2.75, 3.05) is 31.6 Å². The van der Waals surface area contributed by atoms with Crippen molar-refractivity contribution in [3.63, 3.8) is 0 Å². The molecule has 8 heteroatoms. The van der Waals surface area contributed by atoms with Crippen LogP contribution in [0.1, 0.15) is 31.6 Å². The van der Waals surface area contributed by atoms with Gasteiger partial charge >= 0.3 is 0 Å². The second-order valence-corrected chi connectivity index (χ2v) is 5.56. The molecule has 21 heavy (non-hydrogen) atoms. The molecule has 1 aliphatic rings. The zero-order valence-corrected chi connectivity index (χ0v) is 12.5. The largest absolute Gasteiger partial charge is 0.340 e. The summed E-state index contributed by atoms with van der Waals surface area (Å²) in [7, 11) is 2.01. The van der Waals surface area contributed by atoms with E-state index in [1.165, 1.54) is 19.2 Å². The van der Waals surface area contributed by atoms with Crippen LogP contribution in [0.3, 0.4) is 0 Å². The molecule has 8 nitrogen and oxygen atoms in total. The number of anilines is 1. The van der Waals surface area contributed by atoms with Gasteiger partial charge in [-0.1, -0.05) is 0 Å². The minimum atomic E-state index is 0.00980. The maximum absolute atomic E-state index is 4.62. The number of hydrogen-bond acceptors (Lipinski definition) is 6. The molecular weight excluding hydrogens is 268 g/mol. The monoisotopic (exact) mass is 290 g/mol. The minimum absolute atomic E-state index is 0.00980. The third-order valence-corrected chi connectivity index (χ3v) is 4.11. The quantitative estimate of drug-likeness (QED) is 0.831. The summed E-state index contributed by atoms with van der Waals surface area (Å²) in [5.74, 6) is 2.37. The molecule has 0 aromatic carbocycles. The molecule has 3 rings (SSSR count). The standard InChI is InChI=1S/C13H22N8/c1-10(21-9-15-8-16-21)12-17-13(19-18-12)20-5-3-11(4-6-20)7-14-2/h8-11,14H,3-7H2,1-2H3,(H,17,18,19). The van der Waals surface area contributed by atoms with Crippen LogP contribution in [0.15, 0.2) is 12.7 Å². The van der Waals surface area contributed by atoms with Crippen LogP contribution in [0.2, 0.25) is 0 Å². The maximum atomic E-state index is 4.62. The number of nitrogens with one attached hydrogen (secondary N) is 2. The van der Waals surface area contributed by atoms with Crippen LogP contribution >= 0.6 is 0 Å². The number of piperidine rings is 1. The van der Waals surface area contributed by atoms with Crippen molar-refractivity contribution >= 4 is 5.95 Å². The third kappa shape index (κ3) is 3.05. The summed E-state index contributed by atoms with van der Waals surface area (Å²) in [6.07, 6.45) is 5.59. The maximum Gasteiger partial charge on any atom is 0.244 e. The molecule has 0 aliphatic carbocycles. The molecule has 1 unspecified atom stereocenters. The van der Waals surface area contributed by atoms with Crippen LogP contribution in [0.5, 0.6) is 0 Å². The molecule has 1 aliphatic heterocycles. The molecule has 2 aromatic heterocycles. The van der Waals surface area contributed by atoms with E-state index in [1.807, 2.05) is 14.0 Å². The molecule has 0 bridgehead atoms. The molecule has 2 N–H and O–H groups in total. The van der Waals surface area contributed by atoms with Crippen molar-refractivity contribution in [3.8, 4) is 0 Å². The number of rotatable bonds is 5. The van der Waals surface area contributed by atoms with Crippen molar-refractivity contribution in [1.82, 2.24) is 35.3 Å². The Bertz CT molecular complexity index is 540. The lowest BCUT2D eigenvalue weighted by atomic mass is 9.97. The zero-order chi connectivity index (χ0) is 14.7. The van der Waals surface area contributed by atoms with E-state index in [-0.39, 0.29) is 6.04 Å². The fraction of sp³-hybridized carbons (Fsp3) is 0.692. The van der Waals surface area contributed by atoms with Gasteiger partial charge in [-0.05, 0) is 39.3 Å². The van der Waals surface area contributed by atoms with Crippen molar-refractivity contribution < 1.29 is 0 Å². The fourth-order valence-electron chi connectivity index (χ4n) is 2.76. The molecule has 0 spiro atoms. The van der Waals surface area contributed by atoms with E-state index >= 15 is 0 Å². The highest BCUT2D eigenvalue weighted by Gasteiger charge is 2.22. The first-order valence-electron chi connectivity index (χ1n) is 7.44. The fourth-order valence-corrected chi connectivity index (χ4v) is 2.76. The predicted octanol–water partition coefficient (Wildman–Crippen LogP) is 0.441. The second kappa shape index (κ2) is 6.21. The predicted molar refractivity (Wildman–Crippen MR) is 79.1 cm³/mol. The Morgan fingerprint density at radius 1 is 1.43 bits per heavy atom. The first-order valence-corrected chi connectivity index (χ1v) is 7.44. The van der Waals surface area contributed by atoms with Gasteiger partial charge < -0.3 is 10.2 Å². The minimum Gasteiger partial charge on any atom is -0.340 e. The highest BCUT2D eigenvalue weighted by molar-refractivity contribution is 5.29. The Hall–Kier alpha value is -1.96. The molecule has 1 saturated heterocycles. The molecule has 2 aromatic rings. The van der Waals surface area contributed by atoms with E-state index in [0.717, 1.165) is 37.3 Å². The number of aromatic amines is 1. The summed E-state index contributed by atoms with van der Waals surface area (Å²) in [5, 5.41) is 14.8. The summed E-state index contributed by atoms with van der Waals surface area (Å²) >= 11 is 0. The van der Waals surface area contributed by atoms with Crippen LogP contribution in [0.25, 0.3) is 0 Å². The lowest BCUT2D eigenvalue weighted by Crippen LogP contribution is -2.37. The summed E-state index contributed by atoms with van der Waals surface area (Å²) in [4.78, 5) is 10.8. The lowest BCUT2D eigenvalue weighted by molar-refractivity contribution is 0.391. The van der Waals surface area contributed by atoms with Gasteiger partial charge in [0.1, 0.15) is 18.7 Å². The highest BCUT2D eigenvalue weighted by Crippen LogP contribution is 2.21. The summed E-state index contributed by atoms with van der Waals surface area (Å²) < 4.78 is 1.77. The number of hydrogen-bond donors (Lipinski definition) is 2. The first-order chi connectivity index (χ1) is 10.3. The van der Waals surface area contributed by atoms with Crippen molar-refractivity contribution in [2.24, 2.45) is 5.92 Å². The summed E-state index contributed by atoms with van der Waals surface area (Å²) in [5.41, 5.74) is 0. The molecule has 0 radical (unpaired) electrons. The molecule has 114 valence electrons. The Labute approximate surface area is 124 Å². The molecule has 0 amide bonds. The SMILES string of the molecule is CNCC1CCN(c2n[nH]c(C(C)n3cncn3)n2)CC1. The van der Waals surface area contributed by atoms with Crippen molar-refractivity contribution in [3.05, 3.63) is 18.5 Å². The van der Waals surface area contributed by atoms with Gasteiger partial charge in [-0.25, -0.2) is 9.67 Å². The van der Waals surface area contributed by atoms with Gasteiger partial charge in [0.25, 0.3) is 0 Å². The summed E-state index contributed by atoms with van der Waals surface area (Å²) in [6.45, 7) is 5.15. The zero-order valence-electron chi connectivity index (χ0n) is 12.5. The number of nitrogens with zero attached hydrogens (tertiary/aromatic N) is 6. The van der Waals surface area contributed by atoms with Crippen LogP contribution in [0, 0.1) is 5.92 Å². The topological polar surface area (TPSA) is 87.5 Å². The molecule has 3 heterocycles. The Balaban J connectivity index is 1.63. The van der Waals surface area contributed by atoms with E-state index < -0.39 is 0 Å². The van der Waals surface area contributed by atoms with E-state index in [1.54, 1.807) is 11.0 Å². The lowest BCUT2D eigenvalue weighted by Gasteiger charge is -2.31. The van der Waals surface area contributed by atoms with Crippen LogP contribution < -0.4 is 10.2 Å². The van der Waals surface area contributed by atoms with E-state index in [0.29, 0.717) is 0 Å².